The molecule has 0 fully saturated rings. The van der Waals surface area contributed by atoms with E-state index in [9.17, 15) is 9.59 Å². The highest BCUT2D eigenvalue weighted by atomic mass is 16.2. The normalized spacial score (nSPS) is 11.9. The van der Waals surface area contributed by atoms with Gasteiger partial charge in [0.15, 0.2) is 0 Å². The van der Waals surface area contributed by atoms with Crippen LogP contribution < -0.4 is 16.4 Å². The van der Waals surface area contributed by atoms with Gasteiger partial charge in [-0.3, -0.25) is 4.79 Å². The topological polar surface area (TPSA) is 89.2 Å². The lowest BCUT2D eigenvalue weighted by atomic mass is 10.1. The molecule has 25 heavy (non-hydrogen) atoms. The SMILES string of the molecule is Cn1ccc2ccc(NC(=O)NC(Cc3ccccc3)C(N)=O)cc21. The molecule has 3 amide bonds. The number of amides is 3. The molecule has 0 aliphatic rings. The molecule has 0 saturated carbocycles. The van der Waals surface area contributed by atoms with Crippen LogP contribution in [0, 0.1) is 0 Å². The summed E-state index contributed by atoms with van der Waals surface area (Å²) < 4.78 is 1.97. The van der Waals surface area contributed by atoms with E-state index in [-0.39, 0.29) is 0 Å². The molecule has 1 atom stereocenters. The second-order valence-corrected chi connectivity index (χ2v) is 5.94. The van der Waals surface area contributed by atoms with Gasteiger partial charge in [0, 0.05) is 30.9 Å². The minimum absolute atomic E-state index is 0.348. The van der Waals surface area contributed by atoms with Gasteiger partial charge in [0.2, 0.25) is 5.91 Å². The second kappa shape index (κ2) is 7.09. The first kappa shape index (κ1) is 16.6. The smallest absolute Gasteiger partial charge is 0.319 e. The fourth-order valence-corrected chi connectivity index (χ4v) is 2.74. The van der Waals surface area contributed by atoms with Gasteiger partial charge in [-0.15, -0.1) is 0 Å². The predicted molar refractivity (Wildman–Crippen MR) is 98.2 cm³/mol. The predicted octanol–water partition coefficient (Wildman–Crippen LogP) is 2.40. The number of benzene rings is 2. The zero-order chi connectivity index (χ0) is 17.8. The van der Waals surface area contributed by atoms with E-state index in [0.29, 0.717) is 12.1 Å². The Balaban J connectivity index is 1.68. The molecule has 3 rings (SSSR count). The maximum absolute atomic E-state index is 12.2. The second-order valence-electron chi connectivity index (χ2n) is 5.94. The Bertz CT molecular complexity index is 902. The van der Waals surface area contributed by atoms with E-state index in [1.807, 2.05) is 72.4 Å². The largest absolute Gasteiger partial charge is 0.368 e. The Morgan fingerprint density at radius 3 is 2.60 bits per heavy atom. The summed E-state index contributed by atoms with van der Waals surface area (Å²) in [7, 11) is 1.94. The molecule has 0 aliphatic heterocycles. The van der Waals surface area contributed by atoms with E-state index < -0.39 is 18.0 Å². The van der Waals surface area contributed by atoms with Crippen molar-refractivity contribution in [1.29, 1.82) is 0 Å². The van der Waals surface area contributed by atoms with E-state index in [2.05, 4.69) is 10.6 Å². The number of fused-ring (bicyclic) bond motifs is 1. The Hall–Kier alpha value is -3.28. The number of hydrogen-bond acceptors (Lipinski definition) is 2. The van der Waals surface area contributed by atoms with Crippen molar-refractivity contribution in [1.82, 2.24) is 9.88 Å². The summed E-state index contributed by atoms with van der Waals surface area (Å²) in [5, 5.41) is 6.48. The van der Waals surface area contributed by atoms with Gasteiger partial charge in [0.05, 0.1) is 0 Å². The van der Waals surface area contributed by atoms with Gasteiger partial charge >= 0.3 is 6.03 Å². The average Bonchev–Trinajstić information content (AvgIpc) is 2.96. The molecule has 0 spiro atoms. The van der Waals surface area contributed by atoms with Gasteiger partial charge in [-0.25, -0.2) is 4.79 Å². The molecule has 0 bridgehead atoms. The Kier molecular flexibility index (Phi) is 4.70. The number of urea groups is 1. The van der Waals surface area contributed by atoms with Crippen LogP contribution in [0.2, 0.25) is 0 Å². The third-order valence-electron chi connectivity index (χ3n) is 4.08. The minimum atomic E-state index is -0.777. The molecule has 128 valence electrons. The maximum Gasteiger partial charge on any atom is 0.319 e. The number of nitrogens with zero attached hydrogens (tertiary/aromatic N) is 1. The highest BCUT2D eigenvalue weighted by molar-refractivity contribution is 5.95. The maximum atomic E-state index is 12.2. The van der Waals surface area contributed by atoms with Crippen LogP contribution in [0.4, 0.5) is 10.5 Å². The number of primary amides is 1. The lowest BCUT2D eigenvalue weighted by molar-refractivity contribution is -0.119. The van der Waals surface area contributed by atoms with E-state index in [0.717, 1.165) is 16.5 Å². The van der Waals surface area contributed by atoms with Gasteiger partial charge in [-0.2, -0.15) is 0 Å². The molecule has 0 aliphatic carbocycles. The highest BCUT2D eigenvalue weighted by Gasteiger charge is 2.18. The van der Waals surface area contributed by atoms with Crippen LogP contribution in [-0.4, -0.2) is 22.5 Å². The van der Waals surface area contributed by atoms with E-state index in [1.165, 1.54) is 0 Å². The number of nitrogens with one attached hydrogen (secondary N) is 2. The summed E-state index contributed by atoms with van der Waals surface area (Å²) in [6, 6.07) is 15.8. The Morgan fingerprint density at radius 1 is 1.12 bits per heavy atom. The lowest BCUT2D eigenvalue weighted by Gasteiger charge is -2.16. The van der Waals surface area contributed by atoms with Crippen molar-refractivity contribution >= 4 is 28.5 Å². The molecular weight excluding hydrogens is 316 g/mol. The number of aromatic nitrogens is 1. The van der Waals surface area contributed by atoms with Crippen molar-refractivity contribution in [2.45, 2.75) is 12.5 Å². The van der Waals surface area contributed by atoms with Crippen LogP contribution in [0.5, 0.6) is 0 Å². The number of carbonyl (C=O) groups excluding carboxylic acids is 2. The number of carbonyl (C=O) groups is 2. The monoisotopic (exact) mass is 336 g/mol. The lowest BCUT2D eigenvalue weighted by Crippen LogP contribution is -2.47. The quantitative estimate of drug-likeness (QED) is 0.668. The van der Waals surface area contributed by atoms with Crippen molar-refractivity contribution in [2.24, 2.45) is 12.8 Å². The molecule has 2 aromatic carbocycles. The summed E-state index contributed by atoms with van der Waals surface area (Å²) in [6.07, 6.45) is 2.30. The fourth-order valence-electron chi connectivity index (χ4n) is 2.74. The van der Waals surface area contributed by atoms with Crippen molar-refractivity contribution in [2.75, 3.05) is 5.32 Å². The minimum Gasteiger partial charge on any atom is -0.368 e. The molecule has 6 nitrogen and oxygen atoms in total. The van der Waals surface area contributed by atoms with Crippen LogP contribution in [0.15, 0.2) is 60.8 Å². The highest BCUT2D eigenvalue weighted by Crippen LogP contribution is 2.19. The van der Waals surface area contributed by atoms with Crippen LogP contribution in [0.25, 0.3) is 10.9 Å². The fraction of sp³-hybridized carbons (Fsp3) is 0.158. The molecule has 3 aromatic rings. The first-order valence-corrected chi connectivity index (χ1v) is 7.99. The van der Waals surface area contributed by atoms with Gasteiger partial charge in [0.1, 0.15) is 6.04 Å². The van der Waals surface area contributed by atoms with E-state index in [4.69, 9.17) is 5.73 Å². The zero-order valence-corrected chi connectivity index (χ0v) is 13.9. The van der Waals surface area contributed by atoms with Crippen LogP contribution in [0.1, 0.15) is 5.56 Å². The molecule has 0 radical (unpaired) electrons. The summed E-state index contributed by atoms with van der Waals surface area (Å²) in [4.78, 5) is 23.9. The van der Waals surface area contributed by atoms with Crippen LogP contribution in [-0.2, 0) is 18.3 Å². The molecule has 1 unspecified atom stereocenters. The number of anilines is 1. The van der Waals surface area contributed by atoms with Gasteiger partial charge in [-0.1, -0.05) is 36.4 Å². The van der Waals surface area contributed by atoms with Crippen LogP contribution >= 0.6 is 0 Å². The summed E-state index contributed by atoms with van der Waals surface area (Å²) in [6.45, 7) is 0. The first-order valence-electron chi connectivity index (χ1n) is 7.99. The Labute approximate surface area is 145 Å². The molecule has 6 heteroatoms. The van der Waals surface area contributed by atoms with Gasteiger partial charge in [0.25, 0.3) is 0 Å². The van der Waals surface area contributed by atoms with E-state index >= 15 is 0 Å². The van der Waals surface area contributed by atoms with Gasteiger partial charge in [-0.05, 0) is 29.1 Å². The van der Waals surface area contributed by atoms with E-state index in [1.54, 1.807) is 0 Å². The summed E-state index contributed by atoms with van der Waals surface area (Å²) >= 11 is 0. The number of hydrogen-bond donors (Lipinski definition) is 3. The standard InChI is InChI=1S/C19H20N4O2/c1-23-10-9-14-7-8-15(12-17(14)23)21-19(25)22-16(18(20)24)11-13-5-3-2-4-6-13/h2-10,12,16H,11H2,1H3,(H2,20,24)(H2,21,22,25). The summed E-state index contributed by atoms with van der Waals surface area (Å²) in [5.74, 6) is -0.572. The van der Waals surface area contributed by atoms with Crippen molar-refractivity contribution < 1.29 is 9.59 Å². The molecule has 0 saturated heterocycles. The van der Waals surface area contributed by atoms with Crippen molar-refractivity contribution in [3.8, 4) is 0 Å². The first-order chi connectivity index (χ1) is 12.0. The van der Waals surface area contributed by atoms with Gasteiger partial charge < -0.3 is 20.9 Å². The third kappa shape index (κ3) is 3.98. The molecule has 1 aromatic heterocycles. The number of rotatable bonds is 5. The summed E-state index contributed by atoms with van der Waals surface area (Å²) in [5.41, 5.74) is 8.01. The van der Waals surface area contributed by atoms with Crippen molar-refractivity contribution in [3.05, 3.63) is 66.4 Å². The molecule has 4 N–H and O–H groups in total. The van der Waals surface area contributed by atoms with Crippen molar-refractivity contribution in [3.63, 3.8) is 0 Å². The molecular formula is C19H20N4O2. The number of nitrogens with two attached hydrogens (primary N) is 1. The Morgan fingerprint density at radius 2 is 1.88 bits per heavy atom. The zero-order valence-electron chi connectivity index (χ0n) is 13.9. The number of aryl methyl sites for hydroxylation is 1. The van der Waals surface area contributed by atoms with Crippen LogP contribution in [0.3, 0.4) is 0 Å². The third-order valence-corrected chi connectivity index (χ3v) is 4.08. The average molecular weight is 336 g/mol. The molecule has 1 heterocycles.